The van der Waals surface area contributed by atoms with Gasteiger partial charge in [0.05, 0.1) is 17.4 Å². The number of ether oxygens (including phenoxy) is 1. The molecular formula is C16H12N2O3. The molecule has 1 aromatic carbocycles. The van der Waals surface area contributed by atoms with Crippen molar-refractivity contribution in [3.05, 3.63) is 66.1 Å². The summed E-state index contributed by atoms with van der Waals surface area (Å²) in [6.07, 6.45) is 2.81. The summed E-state index contributed by atoms with van der Waals surface area (Å²) >= 11 is 0. The van der Waals surface area contributed by atoms with Crippen LogP contribution in [0.25, 0.3) is 10.9 Å². The Balaban J connectivity index is 1.82. The fraction of sp³-hybridized carbons (Fsp3) is 0.0625. The number of fused-ring (bicyclic) bond motifs is 1. The number of nitrogens with zero attached hydrogens (tertiary/aromatic N) is 2. The van der Waals surface area contributed by atoms with E-state index in [1.54, 1.807) is 0 Å². The molecule has 0 spiro atoms. The number of hydrogen-bond donors (Lipinski definition) is 1. The Bertz CT molecular complexity index is 802. The quantitative estimate of drug-likeness (QED) is 0.795. The van der Waals surface area contributed by atoms with Crippen LogP contribution in [0, 0.1) is 0 Å². The Morgan fingerprint density at radius 2 is 2.00 bits per heavy atom. The Kier molecular flexibility index (Phi) is 3.47. The standard InChI is InChI=1S/C16H12N2O3/c19-16(20)13-7-8-17-9-15(13)21-10-12-6-5-11-3-1-2-4-14(11)18-12/h1-9H,10H2,(H,19,20). The maximum atomic E-state index is 11.1. The third-order valence-corrected chi connectivity index (χ3v) is 3.05. The Hall–Kier alpha value is -2.95. The molecule has 104 valence electrons. The average Bonchev–Trinajstić information content (AvgIpc) is 2.53. The van der Waals surface area contributed by atoms with Crippen LogP contribution in [0.4, 0.5) is 0 Å². The van der Waals surface area contributed by atoms with Crippen LogP contribution < -0.4 is 4.74 Å². The lowest BCUT2D eigenvalue weighted by molar-refractivity contribution is 0.0691. The summed E-state index contributed by atoms with van der Waals surface area (Å²) in [5.41, 5.74) is 1.70. The van der Waals surface area contributed by atoms with Crippen molar-refractivity contribution in [2.75, 3.05) is 0 Å². The van der Waals surface area contributed by atoms with E-state index in [2.05, 4.69) is 9.97 Å². The van der Waals surface area contributed by atoms with Crippen LogP contribution in [-0.2, 0) is 6.61 Å². The van der Waals surface area contributed by atoms with Crippen molar-refractivity contribution in [2.24, 2.45) is 0 Å². The Morgan fingerprint density at radius 3 is 2.86 bits per heavy atom. The molecule has 0 saturated carbocycles. The highest BCUT2D eigenvalue weighted by molar-refractivity contribution is 5.90. The normalized spacial score (nSPS) is 10.5. The molecule has 0 unspecified atom stereocenters. The summed E-state index contributed by atoms with van der Waals surface area (Å²) in [4.78, 5) is 19.4. The van der Waals surface area contributed by atoms with Crippen molar-refractivity contribution in [2.45, 2.75) is 6.61 Å². The number of aromatic nitrogens is 2. The number of aromatic carboxylic acids is 1. The summed E-state index contributed by atoms with van der Waals surface area (Å²) in [6.45, 7) is 0.191. The van der Waals surface area contributed by atoms with Crippen LogP contribution in [0.2, 0.25) is 0 Å². The van der Waals surface area contributed by atoms with Gasteiger partial charge in [0.2, 0.25) is 0 Å². The van der Waals surface area contributed by atoms with E-state index in [1.807, 2.05) is 36.4 Å². The van der Waals surface area contributed by atoms with Crippen LogP contribution >= 0.6 is 0 Å². The molecule has 2 heterocycles. The number of carboxylic acids is 1. The highest BCUT2D eigenvalue weighted by atomic mass is 16.5. The first-order chi connectivity index (χ1) is 10.2. The average molecular weight is 280 g/mol. The van der Waals surface area contributed by atoms with Crippen molar-refractivity contribution in [3.8, 4) is 5.75 Å². The predicted octanol–water partition coefficient (Wildman–Crippen LogP) is 2.91. The van der Waals surface area contributed by atoms with Crippen molar-refractivity contribution in [3.63, 3.8) is 0 Å². The minimum atomic E-state index is -1.04. The molecular weight excluding hydrogens is 268 g/mol. The summed E-state index contributed by atoms with van der Waals surface area (Å²) in [6, 6.07) is 13.0. The van der Waals surface area contributed by atoms with E-state index in [0.717, 1.165) is 16.6 Å². The Morgan fingerprint density at radius 1 is 1.14 bits per heavy atom. The first-order valence-corrected chi connectivity index (χ1v) is 6.39. The van der Waals surface area contributed by atoms with Gasteiger partial charge in [0.25, 0.3) is 0 Å². The second kappa shape index (κ2) is 5.58. The maximum absolute atomic E-state index is 11.1. The van der Waals surface area contributed by atoms with E-state index < -0.39 is 5.97 Å². The number of carbonyl (C=O) groups is 1. The molecule has 3 aromatic rings. The Labute approximate surface area is 120 Å². The summed E-state index contributed by atoms with van der Waals surface area (Å²) in [5, 5.41) is 10.1. The van der Waals surface area contributed by atoms with Crippen molar-refractivity contribution in [1.29, 1.82) is 0 Å². The highest BCUT2D eigenvalue weighted by Crippen LogP contribution is 2.18. The van der Waals surface area contributed by atoms with Crippen LogP contribution in [0.5, 0.6) is 5.75 Å². The van der Waals surface area contributed by atoms with Crippen LogP contribution in [-0.4, -0.2) is 21.0 Å². The van der Waals surface area contributed by atoms with E-state index in [-0.39, 0.29) is 17.9 Å². The monoisotopic (exact) mass is 280 g/mol. The summed E-state index contributed by atoms with van der Waals surface area (Å²) in [5.74, 6) is -0.807. The summed E-state index contributed by atoms with van der Waals surface area (Å²) < 4.78 is 5.53. The van der Waals surface area contributed by atoms with Gasteiger partial charge in [-0.1, -0.05) is 24.3 Å². The smallest absolute Gasteiger partial charge is 0.339 e. The van der Waals surface area contributed by atoms with E-state index in [0.29, 0.717) is 0 Å². The molecule has 5 nitrogen and oxygen atoms in total. The zero-order chi connectivity index (χ0) is 14.7. The minimum absolute atomic E-state index is 0.0887. The maximum Gasteiger partial charge on any atom is 0.339 e. The predicted molar refractivity (Wildman–Crippen MR) is 77.3 cm³/mol. The highest BCUT2D eigenvalue weighted by Gasteiger charge is 2.11. The number of pyridine rings is 2. The van der Waals surface area contributed by atoms with Crippen molar-refractivity contribution in [1.82, 2.24) is 9.97 Å². The molecule has 0 aliphatic heterocycles. The first-order valence-electron chi connectivity index (χ1n) is 6.39. The van der Waals surface area contributed by atoms with Gasteiger partial charge >= 0.3 is 5.97 Å². The van der Waals surface area contributed by atoms with Crippen molar-refractivity contribution < 1.29 is 14.6 Å². The van der Waals surface area contributed by atoms with E-state index in [9.17, 15) is 4.79 Å². The molecule has 5 heteroatoms. The zero-order valence-electron chi connectivity index (χ0n) is 11.1. The van der Waals surface area contributed by atoms with Gasteiger partial charge in [-0.25, -0.2) is 9.78 Å². The molecule has 0 bridgehead atoms. The number of hydrogen-bond acceptors (Lipinski definition) is 4. The lowest BCUT2D eigenvalue weighted by atomic mass is 10.2. The lowest BCUT2D eigenvalue weighted by Crippen LogP contribution is -2.04. The second-order valence-corrected chi connectivity index (χ2v) is 4.46. The number of para-hydroxylation sites is 1. The molecule has 2 aromatic heterocycles. The molecule has 0 aliphatic rings. The lowest BCUT2D eigenvalue weighted by Gasteiger charge is -2.08. The molecule has 0 amide bonds. The van der Waals surface area contributed by atoms with E-state index in [4.69, 9.17) is 9.84 Å². The molecule has 0 radical (unpaired) electrons. The molecule has 0 aliphatic carbocycles. The van der Waals surface area contributed by atoms with E-state index in [1.165, 1.54) is 18.5 Å². The number of carboxylic acid groups (broad SMARTS) is 1. The van der Waals surface area contributed by atoms with Gasteiger partial charge < -0.3 is 9.84 Å². The third kappa shape index (κ3) is 2.81. The van der Waals surface area contributed by atoms with Crippen LogP contribution in [0.15, 0.2) is 54.9 Å². The van der Waals surface area contributed by atoms with Crippen molar-refractivity contribution >= 4 is 16.9 Å². The SMILES string of the molecule is O=C(O)c1ccncc1OCc1ccc2ccccc2n1. The largest absolute Gasteiger partial charge is 0.485 e. The fourth-order valence-electron chi connectivity index (χ4n) is 2.01. The van der Waals surface area contributed by atoms with Gasteiger partial charge in [-0.05, 0) is 18.2 Å². The molecule has 0 atom stereocenters. The van der Waals surface area contributed by atoms with Gasteiger partial charge in [-0.3, -0.25) is 4.98 Å². The van der Waals surface area contributed by atoms with Gasteiger partial charge in [-0.2, -0.15) is 0 Å². The third-order valence-electron chi connectivity index (χ3n) is 3.05. The van der Waals surface area contributed by atoms with Gasteiger partial charge in [0, 0.05) is 11.6 Å². The fourth-order valence-corrected chi connectivity index (χ4v) is 2.01. The topological polar surface area (TPSA) is 72.3 Å². The molecule has 0 fully saturated rings. The molecule has 21 heavy (non-hydrogen) atoms. The minimum Gasteiger partial charge on any atom is -0.485 e. The molecule has 1 N–H and O–H groups in total. The number of benzene rings is 1. The van der Waals surface area contributed by atoms with Crippen LogP contribution in [0.3, 0.4) is 0 Å². The van der Waals surface area contributed by atoms with Gasteiger partial charge in [0.15, 0.2) is 5.75 Å². The molecule has 3 rings (SSSR count). The summed E-state index contributed by atoms with van der Waals surface area (Å²) in [7, 11) is 0. The van der Waals surface area contributed by atoms with Gasteiger partial charge in [0.1, 0.15) is 12.2 Å². The van der Waals surface area contributed by atoms with E-state index >= 15 is 0 Å². The molecule has 0 saturated heterocycles. The van der Waals surface area contributed by atoms with Crippen LogP contribution in [0.1, 0.15) is 16.1 Å². The first kappa shape index (κ1) is 13.1. The number of rotatable bonds is 4. The second-order valence-electron chi connectivity index (χ2n) is 4.46. The zero-order valence-corrected chi connectivity index (χ0v) is 11.1. The van der Waals surface area contributed by atoms with Gasteiger partial charge in [-0.15, -0.1) is 0 Å².